The molecule has 0 aliphatic heterocycles. The van der Waals surface area contributed by atoms with E-state index in [2.05, 4.69) is 27.8 Å². The highest BCUT2D eigenvalue weighted by Gasteiger charge is 2.13. The molecular formula is C24H26ClN5O2S. The number of aryl methyl sites for hydroxylation is 2. The smallest absolute Gasteiger partial charge is 0.244 e. The number of nitrogens with zero attached hydrogens (tertiary/aromatic N) is 3. The average Bonchev–Trinajstić information content (AvgIpc) is 3.16. The van der Waals surface area contributed by atoms with Crippen LogP contribution in [0.5, 0.6) is 0 Å². The summed E-state index contributed by atoms with van der Waals surface area (Å²) in [6.45, 7) is 4.26. The normalized spacial score (nSPS) is 11.0. The molecule has 0 saturated carbocycles. The Hall–Kier alpha value is -3.10. The summed E-state index contributed by atoms with van der Waals surface area (Å²) in [6.07, 6.45) is 3.93. The molecule has 2 aromatic carbocycles. The molecule has 3 rings (SSSR count). The van der Waals surface area contributed by atoms with Gasteiger partial charge in [-0.15, -0.1) is 10.2 Å². The number of benzene rings is 2. The predicted molar refractivity (Wildman–Crippen MR) is 133 cm³/mol. The molecule has 33 heavy (non-hydrogen) atoms. The van der Waals surface area contributed by atoms with E-state index in [-0.39, 0.29) is 24.1 Å². The van der Waals surface area contributed by atoms with Crippen LogP contribution in [0, 0.1) is 6.92 Å². The molecular weight excluding hydrogens is 458 g/mol. The van der Waals surface area contributed by atoms with Gasteiger partial charge in [-0.2, -0.15) is 0 Å². The lowest BCUT2D eigenvalue weighted by atomic mass is 10.1. The van der Waals surface area contributed by atoms with Crippen molar-refractivity contribution in [1.29, 1.82) is 0 Å². The number of thioether (sulfide) groups is 1. The number of hydrogen-bond donors (Lipinski definition) is 2. The first-order valence-corrected chi connectivity index (χ1v) is 11.8. The monoisotopic (exact) mass is 483 g/mol. The summed E-state index contributed by atoms with van der Waals surface area (Å²) in [5, 5.41) is 15.2. The van der Waals surface area contributed by atoms with E-state index in [9.17, 15) is 9.59 Å². The molecule has 172 valence electrons. The minimum atomic E-state index is -0.267. The first-order chi connectivity index (χ1) is 15.9. The van der Waals surface area contributed by atoms with Crippen molar-refractivity contribution >= 4 is 46.9 Å². The quantitative estimate of drug-likeness (QED) is 0.348. The predicted octanol–water partition coefficient (Wildman–Crippen LogP) is 4.40. The second-order valence-electron chi connectivity index (χ2n) is 7.33. The Morgan fingerprint density at radius 2 is 1.94 bits per heavy atom. The van der Waals surface area contributed by atoms with Crippen LogP contribution in [0.4, 0.5) is 5.69 Å². The Morgan fingerprint density at radius 3 is 2.70 bits per heavy atom. The fourth-order valence-corrected chi connectivity index (χ4v) is 4.06. The van der Waals surface area contributed by atoms with Gasteiger partial charge in [0.1, 0.15) is 0 Å². The Bertz CT molecular complexity index is 1180. The van der Waals surface area contributed by atoms with Crippen molar-refractivity contribution in [3.63, 3.8) is 0 Å². The number of nitrogens with one attached hydrogen (secondary N) is 2. The number of para-hydroxylation sites is 1. The van der Waals surface area contributed by atoms with Crippen molar-refractivity contribution in [1.82, 2.24) is 20.1 Å². The SMILES string of the molecule is CCc1cccc(C)c1NC(=O)CSc1nnc(CNC(=O)/C=C/c2ccccc2Cl)n1C. The number of hydrogen-bond acceptors (Lipinski definition) is 5. The maximum absolute atomic E-state index is 12.5. The van der Waals surface area contributed by atoms with Crippen molar-refractivity contribution < 1.29 is 9.59 Å². The highest BCUT2D eigenvalue weighted by Crippen LogP contribution is 2.22. The molecule has 0 spiro atoms. The van der Waals surface area contributed by atoms with Crippen LogP contribution in [0.25, 0.3) is 6.08 Å². The lowest BCUT2D eigenvalue weighted by Crippen LogP contribution is -2.22. The highest BCUT2D eigenvalue weighted by molar-refractivity contribution is 7.99. The number of anilines is 1. The van der Waals surface area contributed by atoms with Crippen LogP contribution >= 0.6 is 23.4 Å². The van der Waals surface area contributed by atoms with E-state index in [4.69, 9.17) is 11.6 Å². The van der Waals surface area contributed by atoms with E-state index >= 15 is 0 Å². The van der Waals surface area contributed by atoms with Crippen LogP contribution < -0.4 is 10.6 Å². The minimum absolute atomic E-state index is 0.105. The van der Waals surface area contributed by atoms with Gasteiger partial charge in [-0.1, -0.05) is 66.7 Å². The topological polar surface area (TPSA) is 88.9 Å². The van der Waals surface area contributed by atoms with Crippen LogP contribution in [-0.4, -0.2) is 32.3 Å². The average molecular weight is 484 g/mol. The van der Waals surface area contributed by atoms with Crippen LogP contribution in [0.2, 0.25) is 5.02 Å². The molecule has 0 radical (unpaired) electrons. The van der Waals surface area contributed by atoms with Crippen LogP contribution in [0.15, 0.2) is 53.7 Å². The number of halogens is 1. The summed E-state index contributed by atoms with van der Waals surface area (Å²) >= 11 is 7.38. The van der Waals surface area contributed by atoms with Crippen LogP contribution in [0.3, 0.4) is 0 Å². The fraction of sp³-hybridized carbons (Fsp3) is 0.250. The van der Waals surface area contributed by atoms with Crippen LogP contribution in [-0.2, 0) is 29.6 Å². The Kier molecular flexibility index (Phi) is 8.68. The zero-order valence-electron chi connectivity index (χ0n) is 18.8. The molecule has 0 saturated heterocycles. The number of carbonyl (C=O) groups is 2. The van der Waals surface area contributed by atoms with Gasteiger partial charge in [-0.3, -0.25) is 9.59 Å². The second-order valence-corrected chi connectivity index (χ2v) is 8.68. The first kappa shape index (κ1) is 24.5. The first-order valence-electron chi connectivity index (χ1n) is 10.5. The van der Waals surface area contributed by atoms with Crippen molar-refractivity contribution in [2.24, 2.45) is 7.05 Å². The summed E-state index contributed by atoms with van der Waals surface area (Å²) in [5.41, 5.74) is 3.78. The Balaban J connectivity index is 1.52. The van der Waals surface area contributed by atoms with E-state index < -0.39 is 0 Å². The standard InChI is InChI=1S/C24H26ClN5O2S/c1-4-17-10-7-8-16(2)23(17)27-22(32)15-33-24-29-28-20(30(24)3)14-26-21(31)13-12-18-9-5-6-11-19(18)25/h5-13H,4,14-15H2,1-3H3,(H,26,31)(H,27,32)/b13-12+. The van der Waals surface area contributed by atoms with Gasteiger partial charge in [0.25, 0.3) is 0 Å². The zero-order chi connectivity index (χ0) is 23.8. The Labute approximate surface area is 202 Å². The molecule has 3 aromatic rings. The summed E-state index contributed by atoms with van der Waals surface area (Å²) in [4.78, 5) is 24.6. The number of aromatic nitrogens is 3. The maximum Gasteiger partial charge on any atom is 0.244 e. The molecule has 2 N–H and O–H groups in total. The maximum atomic E-state index is 12.5. The number of amides is 2. The molecule has 0 unspecified atom stereocenters. The molecule has 0 aliphatic rings. The molecule has 2 amide bonds. The van der Waals surface area contributed by atoms with Gasteiger partial charge in [0.05, 0.1) is 12.3 Å². The molecule has 0 aliphatic carbocycles. The lowest BCUT2D eigenvalue weighted by Gasteiger charge is -2.12. The van der Waals surface area contributed by atoms with Gasteiger partial charge in [-0.05, 0) is 42.2 Å². The third kappa shape index (κ3) is 6.69. The van der Waals surface area contributed by atoms with Gasteiger partial charge >= 0.3 is 0 Å². The largest absolute Gasteiger partial charge is 0.345 e. The van der Waals surface area contributed by atoms with Crippen molar-refractivity contribution in [2.45, 2.75) is 32.0 Å². The van der Waals surface area contributed by atoms with E-state index in [1.54, 1.807) is 23.8 Å². The summed E-state index contributed by atoms with van der Waals surface area (Å²) in [6, 6.07) is 13.3. The molecule has 9 heteroatoms. The van der Waals surface area contributed by atoms with E-state index in [0.717, 1.165) is 28.8 Å². The van der Waals surface area contributed by atoms with E-state index in [0.29, 0.717) is 16.0 Å². The minimum Gasteiger partial charge on any atom is -0.345 e. The molecule has 0 bridgehead atoms. The van der Waals surface area contributed by atoms with Gasteiger partial charge < -0.3 is 15.2 Å². The second kappa shape index (κ2) is 11.7. The molecule has 0 fully saturated rings. The molecule has 1 heterocycles. The third-order valence-corrected chi connectivity index (χ3v) is 6.37. The number of rotatable bonds is 9. The van der Waals surface area contributed by atoms with Gasteiger partial charge in [0.15, 0.2) is 11.0 Å². The van der Waals surface area contributed by atoms with Crippen molar-refractivity contribution in [2.75, 3.05) is 11.1 Å². The molecule has 0 atom stereocenters. The van der Waals surface area contributed by atoms with Crippen molar-refractivity contribution in [3.8, 4) is 0 Å². The van der Waals surface area contributed by atoms with Crippen molar-refractivity contribution in [3.05, 3.63) is 76.1 Å². The van der Waals surface area contributed by atoms with Crippen LogP contribution in [0.1, 0.15) is 29.4 Å². The van der Waals surface area contributed by atoms with Gasteiger partial charge in [0.2, 0.25) is 11.8 Å². The summed E-state index contributed by atoms with van der Waals surface area (Å²) < 4.78 is 1.77. The van der Waals surface area contributed by atoms with E-state index in [1.807, 2.05) is 43.3 Å². The molecule has 7 nitrogen and oxygen atoms in total. The zero-order valence-corrected chi connectivity index (χ0v) is 20.3. The third-order valence-electron chi connectivity index (χ3n) is 5.00. The Morgan fingerprint density at radius 1 is 1.15 bits per heavy atom. The fourth-order valence-electron chi connectivity index (χ4n) is 3.13. The summed E-state index contributed by atoms with van der Waals surface area (Å²) in [7, 11) is 1.80. The highest BCUT2D eigenvalue weighted by atomic mass is 35.5. The van der Waals surface area contributed by atoms with Gasteiger partial charge in [-0.25, -0.2) is 0 Å². The lowest BCUT2D eigenvalue weighted by molar-refractivity contribution is -0.116. The summed E-state index contributed by atoms with van der Waals surface area (Å²) in [5.74, 6) is 0.420. The number of carbonyl (C=O) groups excluding carboxylic acids is 2. The molecule has 1 aromatic heterocycles. The van der Waals surface area contributed by atoms with E-state index in [1.165, 1.54) is 17.8 Å². The van der Waals surface area contributed by atoms with Gasteiger partial charge in [0, 0.05) is 23.8 Å².